The number of hydrogen-bond acceptors (Lipinski definition) is 5. The third kappa shape index (κ3) is 4.11. The Balaban J connectivity index is 1.45. The SMILES string of the molecule is C[C@@H]1CN(S(=O)(=O)N2CCN(S(=O)(=O)c3ccc4c(c3)CCC4)CC2)C[C@H](C)O1. The third-order valence-electron chi connectivity index (χ3n) is 5.94. The molecule has 0 spiro atoms. The minimum absolute atomic E-state index is 0.157. The van der Waals surface area contributed by atoms with Crippen LogP contribution in [0.1, 0.15) is 31.4 Å². The second kappa shape index (κ2) is 7.90. The molecular weight excluding hydrogens is 414 g/mol. The molecule has 0 bridgehead atoms. The van der Waals surface area contributed by atoms with E-state index in [4.69, 9.17) is 4.74 Å². The van der Waals surface area contributed by atoms with Crippen LogP contribution in [0.2, 0.25) is 0 Å². The maximum Gasteiger partial charge on any atom is 0.282 e. The van der Waals surface area contributed by atoms with E-state index in [9.17, 15) is 16.8 Å². The molecule has 0 amide bonds. The van der Waals surface area contributed by atoms with E-state index in [-0.39, 0.29) is 38.4 Å². The Bertz CT molecular complexity index is 962. The molecule has 2 saturated heterocycles. The summed E-state index contributed by atoms with van der Waals surface area (Å²) in [6.45, 7) is 5.00. The minimum atomic E-state index is -3.63. The predicted octanol–water partition coefficient (Wildman–Crippen LogP) is 0.836. The van der Waals surface area contributed by atoms with E-state index < -0.39 is 20.2 Å². The van der Waals surface area contributed by atoms with Gasteiger partial charge in [0.05, 0.1) is 17.1 Å². The lowest BCUT2D eigenvalue weighted by Crippen LogP contribution is -2.57. The highest BCUT2D eigenvalue weighted by atomic mass is 32.2. The Morgan fingerprint density at radius 2 is 1.41 bits per heavy atom. The summed E-state index contributed by atoms with van der Waals surface area (Å²) in [5, 5.41) is 0. The van der Waals surface area contributed by atoms with Crippen LogP contribution in [0.5, 0.6) is 0 Å². The molecular formula is C19H29N3O5S2. The van der Waals surface area contributed by atoms with Gasteiger partial charge in [0.2, 0.25) is 10.0 Å². The first-order valence-electron chi connectivity index (χ1n) is 10.2. The van der Waals surface area contributed by atoms with E-state index in [1.54, 1.807) is 12.1 Å². The minimum Gasteiger partial charge on any atom is -0.373 e. The smallest absolute Gasteiger partial charge is 0.282 e. The summed E-state index contributed by atoms with van der Waals surface area (Å²) in [6, 6.07) is 5.38. The highest BCUT2D eigenvalue weighted by Crippen LogP contribution is 2.27. The first kappa shape index (κ1) is 21.2. The number of fused-ring (bicyclic) bond motifs is 1. The zero-order chi connectivity index (χ0) is 20.8. The predicted molar refractivity (Wildman–Crippen MR) is 109 cm³/mol. The van der Waals surface area contributed by atoms with Crippen LogP contribution in [0.3, 0.4) is 0 Å². The van der Waals surface area contributed by atoms with Gasteiger partial charge in [0.15, 0.2) is 0 Å². The van der Waals surface area contributed by atoms with Gasteiger partial charge in [0.25, 0.3) is 10.2 Å². The summed E-state index contributed by atoms with van der Waals surface area (Å²) in [4.78, 5) is 0.310. The van der Waals surface area contributed by atoms with Crippen molar-refractivity contribution in [2.45, 2.75) is 50.2 Å². The van der Waals surface area contributed by atoms with Crippen molar-refractivity contribution in [2.24, 2.45) is 0 Å². The van der Waals surface area contributed by atoms with E-state index in [1.807, 2.05) is 19.9 Å². The van der Waals surface area contributed by atoms with Gasteiger partial charge < -0.3 is 4.74 Å². The molecule has 29 heavy (non-hydrogen) atoms. The fourth-order valence-electron chi connectivity index (χ4n) is 4.48. The number of benzene rings is 1. The van der Waals surface area contributed by atoms with Gasteiger partial charge in [-0.15, -0.1) is 0 Å². The van der Waals surface area contributed by atoms with Gasteiger partial charge in [-0.1, -0.05) is 6.07 Å². The fraction of sp³-hybridized carbons (Fsp3) is 0.684. The average molecular weight is 444 g/mol. The molecule has 2 atom stereocenters. The Labute approximate surface area is 173 Å². The molecule has 0 N–H and O–H groups in total. The van der Waals surface area contributed by atoms with E-state index >= 15 is 0 Å². The normalized spacial score (nSPS) is 27.8. The number of morpholine rings is 1. The largest absolute Gasteiger partial charge is 0.373 e. The quantitative estimate of drug-likeness (QED) is 0.688. The summed E-state index contributed by atoms with van der Waals surface area (Å²) >= 11 is 0. The van der Waals surface area contributed by atoms with Crippen molar-refractivity contribution < 1.29 is 21.6 Å². The molecule has 1 aromatic carbocycles. The van der Waals surface area contributed by atoms with Crippen LogP contribution < -0.4 is 0 Å². The number of sulfonamides is 1. The van der Waals surface area contributed by atoms with Crippen LogP contribution in [-0.4, -0.2) is 81.2 Å². The molecule has 0 unspecified atom stereocenters. The lowest BCUT2D eigenvalue weighted by molar-refractivity contribution is -0.0456. The van der Waals surface area contributed by atoms with Crippen molar-refractivity contribution in [1.82, 2.24) is 12.9 Å². The Morgan fingerprint density at radius 1 is 0.828 bits per heavy atom. The number of ether oxygens (including phenoxy) is 1. The third-order valence-corrected chi connectivity index (χ3v) is 9.81. The molecule has 1 aliphatic carbocycles. The number of hydrogen-bond donors (Lipinski definition) is 0. The van der Waals surface area contributed by atoms with Gasteiger partial charge in [-0.3, -0.25) is 0 Å². The Kier molecular flexibility index (Phi) is 5.77. The van der Waals surface area contributed by atoms with Crippen LogP contribution in [0, 0.1) is 0 Å². The maximum atomic E-state index is 13.1. The summed E-state index contributed by atoms with van der Waals surface area (Å²) in [6.07, 6.45) is 2.67. The van der Waals surface area contributed by atoms with Gasteiger partial charge in [0.1, 0.15) is 0 Å². The van der Waals surface area contributed by atoms with Gasteiger partial charge in [-0.05, 0) is 56.4 Å². The molecule has 10 heteroatoms. The second-order valence-corrected chi connectivity index (χ2v) is 12.0. The number of aryl methyl sites for hydroxylation is 2. The van der Waals surface area contributed by atoms with Gasteiger partial charge in [-0.25, -0.2) is 8.42 Å². The highest BCUT2D eigenvalue weighted by Gasteiger charge is 2.38. The second-order valence-electron chi connectivity index (χ2n) is 8.17. The molecule has 4 rings (SSSR count). The molecule has 0 aromatic heterocycles. The van der Waals surface area contributed by atoms with E-state index in [0.29, 0.717) is 18.0 Å². The molecule has 2 fully saturated rings. The zero-order valence-electron chi connectivity index (χ0n) is 17.0. The van der Waals surface area contributed by atoms with Crippen molar-refractivity contribution in [3.8, 4) is 0 Å². The summed E-state index contributed by atoms with van der Waals surface area (Å²) in [5.41, 5.74) is 2.34. The summed E-state index contributed by atoms with van der Waals surface area (Å²) < 4.78 is 62.0. The van der Waals surface area contributed by atoms with E-state index in [2.05, 4.69) is 0 Å². The topological polar surface area (TPSA) is 87.2 Å². The van der Waals surface area contributed by atoms with E-state index in [1.165, 1.54) is 18.5 Å². The number of rotatable bonds is 4. The van der Waals surface area contributed by atoms with E-state index in [0.717, 1.165) is 24.8 Å². The van der Waals surface area contributed by atoms with Crippen LogP contribution in [0.15, 0.2) is 23.1 Å². The van der Waals surface area contributed by atoms with Crippen molar-refractivity contribution in [2.75, 3.05) is 39.3 Å². The first-order valence-corrected chi connectivity index (χ1v) is 13.0. The summed E-state index contributed by atoms with van der Waals surface area (Å²) in [5.74, 6) is 0. The molecule has 2 heterocycles. The van der Waals surface area contributed by atoms with Crippen LogP contribution in [-0.2, 0) is 37.8 Å². The lowest BCUT2D eigenvalue weighted by atomic mass is 10.1. The van der Waals surface area contributed by atoms with Crippen LogP contribution in [0.25, 0.3) is 0 Å². The van der Waals surface area contributed by atoms with Gasteiger partial charge in [-0.2, -0.15) is 21.3 Å². The van der Waals surface area contributed by atoms with Crippen molar-refractivity contribution in [1.29, 1.82) is 0 Å². The van der Waals surface area contributed by atoms with Gasteiger partial charge in [0, 0.05) is 39.3 Å². The van der Waals surface area contributed by atoms with Crippen molar-refractivity contribution >= 4 is 20.2 Å². The van der Waals surface area contributed by atoms with Crippen molar-refractivity contribution in [3.63, 3.8) is 0 Å². The molecule has 3 aliphatic rings. The monoisotopic (exact) mass is 443 g/mol. The Morgan fingerprint density at radius 3 is 2.07 bits per heavy atom. The fourth-order valence-corrected chi connectivity index (χ4v) is 7.70. The van der Waals surface area contributed by atoms with Crippen LogP contribution in [0.4, 0.5) is 0 Å². The van der Waals surface area contributed by atoms with Crippen molar-refractivity contribution in [3.05, 3.63) is 29.3 Å². The summed E-state index contributed by atoms with van der Waals surface area (Å²) in [7, 11) is -7.24. The standard InChI is InChI=1S/C19H29N3O5S2/c1-15-13-22(14-16(2)27-15)29(25,26)21-10-8-20(9-11-21)28(23,24)19-7-6-17-4-3-5-18(17)12-19/h6-7,12,15-16H,3-5,8-11,13-14H2,1-2H3/t15-,16+. The molecule has 162 valence electrons. The molecule has 0 radical (unpaired) electrons. The molecule has 1 aromatic rings. The molecule has 0 saturated carbocycles. The molecule has 2 aliphatic heterocycles. The number of nitrogens with zero attached hydrogens (tertiary/aromatic N) is 3. The highest BCUT2D eigenvalue weighted by molar-refractivity contribution is 7.89. The van der Waals surface area contributed by atoms with Crippen LogP contribution >= 0.6 is 0 Å². The van der Waals surface area contributed by atoms with Gasteiger partial charge >= 0.3 is 0 Å². The average Bonchev–Trinajstić information content (AvgIpc) is 3.15. The Hall–Kier alpha value is -1.04. The number of piperazine rings is 1. The zero-order valence-corrected chi connectivity index (χ0v) is 18.6. The lowest BCUT2D eigenvalue weighted by Gasteiger charge is -2.40. The molecule has 8 nitrogen and oxygen atoms in total. The first-order chi connectivity index (χ1) is 13.7. The maximum absolute atomic E-state index is 13.1.